The third-order valence-corrected chi connectivity index (χ3v) is 5.37. The van der Waals surface area contributed by atoms with Gasteiger partial charge in [-0.25, -0.2) is 13.6 Å². The van der Waals surface area contributed by atoms with Crippen molar-refractivity contribution in [1.29, 1.82) is 0 Å². The number of nitrogens with one attached hydrogen (secondary N) is 2. The Morgan fingerprint density at radius 1 is 1.31 bits per heavy atom. The highest BCUT2D eigenvalue weighted by Gasteiger charge is 2.33. The molecule has 2 amide bonds. The Bertz CT molecular complexity index is 695. The van der Waals surface area contributed by atoms with Gasteiger partial charge in [-0.3, -0.25) is 4.79 Å². The molecule has 1 aromatic rings. The lowest BCUT2D eigenvalue weighted by Crippen LogP contribution is -2.40. The molecule has 1 saturated carbocycles. The second kappa shape index (κ2) is 8.20. The van der Waals surface area contributed by atoms with E-state index in [4.69, 9.17) is 16.3 Å². The zero-order chi connectivity index (χ0) is 18.7. The molecule has 2 fully saturated rings. The van der Waals surface area contributed by atoms with Crippen LogP contribution in [0.25, 0.3) is 0 Å². The third kappa shape index (κ3) is 4.26. The normalized spacial score (nSPS) is 21.8. The Labute approximate surface area is 155 Å². The number of hydrogen-bond donors (Lipinski definition) is 2. The Hall–Kier alpha value is -1.89. The van der Waals surface area contributed by atoms with Crippen LogP contribution in [-0.2, 0) is 9.53 Å². The van der Waals surface area contributed by atoms with Crippen molar-refractivity contribution in [1.82, 2.24) is 10.6 Å². The summed E-state index contributed by atoms with van der Waals surface area (Å²) in [7, 11) is 0. The van der Waals surface area contributed by atoms with E-state index >= 15 is 0 Å². The van der Waals surface area contributed by atoms with Gasteiger partial charge in [-0.05, 0) is 18.4 Å². The SMILES string of the molecule is O=C1NC[C@@H](C(=O)NC(CC2CCCCC2)c2ccc(F)c(Cl)c2F)O1. The van der Waals surface area contributed by atoms with Crippen molar-refractivity contribution >= 4 is 23.6 Å². The van der Waals surface area contributed by atoms with E-state index in [0.29, 0.717) is 12.3 Å². The summed E-state index contributed by atoms with van der Waals surface area (Å²) >= 11 is 5.71. The lowest BCUT2D eigenvalue weighted by molar-refractivity contribution is -0.128. The van der Waals surface area contributed by atoms with Gasteiger partial charge in [0.1, 0.15) is 16.7 Å². The fourth-order valence-corrected chi connectivity index (χ4v) is 3.80. The number of alkyl carbamates (subject to hydrolysis) is 1. The van der Waals surface area contributed by atoms with Gasteiger partial charge in [0.05, 0.1) is 12.6 Å². The van der Waals surface area contributed by atoms with E-state index in [1.54, 1.807) is 0 Å². The molecule has 26 heavy (non-hydrogen) atoms. The molecule has 0 radical (unpaired) electrons. The number of amides is 2. The summed E-state index contributed by atoms with van der Waals surface area (Å²) in [6.45, 7) is 0.0630. The fourth-order valence-electron chi connectivity index (χ4n) is 3.63. The van der Waals surface area contributed by atoms with Crippen LogP contribution < -0.4 is 10.6 Å². The van der Waals surface area contributed by atoms with Crippen molar-refractivity contribution in [2.45, 2.75) is 50.7 Å². The predicted octanol–water partition coefficient (Wildman–Crippen LogP) is 3.85. The van der Waals surface area contributed by atoms with E-state index in [0.717, 1.165) is 31.7 Å². The number of hydrogen-bond acceptors (Lipinski definition) is 3. The van der Waals surface area contributed by atoms with Gasteiger partial charge in [0.25, 0.3) is 5.91 Å². The summed E-state index contributed by atoms with van der Waals surface area (Å²) in [5.41, 5.74) is 0.146. The molecule has 2 N–H and O–H groups in total. The smallest absolute Gasteiger partial charge is 0.408 e. The highest BCUT2D eigenvalue weighted by molar-refractivity contribution is 6.31. The molecular weight excluding hydrogens is 366 g/mol. The van der Waals surface area contributed by atoms with Gasteiger partial charge in [0.15, 0.2) is 6.10 Å². The summed E-state index contributed by atoms with van der Waals surface area (Å²) < 4.78 is 32.9. The molecule has 0 bridgehead atoms. The molecule has 1 unspecified atom stereocenters. The first-order chi connectivity index (χ1) is 12.5. The molecular formula is C18H21ClF2N2O3. The van der Waals surface area contributed by atoms with Crippen LogP contribution in [0.4, 0.5) is 13.6 Å². The zero-order valence-electron chi connectivity index (χ0n) is 14.2. The van der Waals surface area contributed by atoms with Crippen LogP contribution in [0.2, 0.25) is 5.02 Å². The maximum atomic E-state index is 14.5. The average molecular weight is 387 g/mol. The Balaban J connectivity index is 1.80. The summed E-state index contributed by atoms with van der Waals surface area (Å²) in [6, 6.07) is 1.74. The summed E-state index contributed by atoms with van der Waals surface area (Å²) in [5.74, 6) is -1.88. The van der Waals surface area contributed by atoms with Crippen molar-refractivity contribution in [2.75, 3.05) is 6.54 Å². The molecule has 0 spiro atoms. The molecule has 142 valence electrons. The number of carbonyl (C=O) groups is 2. The first-order valence-electron chi connectivity index (χ1n) is 8.84. The molecule has 1 saturated heterocycles. The summed E-state index contributed by atoms with van der Waals surface area (Å²) in [4.78, 5) is 23.6. The number of halogens is 3. The van der Waals surface area contributed by atoms with Crippen LogP contribution in [0.3, 0.4) is 0 Å². The van der Waals surface area contributed by atoms with E-state index in [1.165, 1.54) is 12.5 Å². The van der Waals surface area contributed by atoms with Gasteiger partial charge in [0.2, 0.25) is 0 Å². The van der Waals surface area contributed by atoms with Crippen LogP contribution in [-0.4, -0.2) is 24.6 Å². The number of ether oxygens (including phenoxy) is 1. The minimum atomic E-state index is -0.963. The topological polar surface area (TPSA) is 67.4 Å². The van der Waals surface area contributed by atoms with Gasteiger partial charge >= 0.3 is 6.09 Å². The Morgan fingerprint density at radius 3 is 2.69 bits per heavy atom. The van der Waals surface area contributed by atoms with E-state index < -0.39 is 40.8 Å². The van der Waals surface area contributed by atoms with E-state index in [-0.39, 0.29) is 12.1 Å². The average Bonchev–Trinajstić information content (AvgIpc) is 3.07. The maximum Gasteiger partial charge on any atom is 0.408 e. The second-order valence-corrected chi connectivity index (χ2v) is 7.22. The lowest BCUT2D eigenvalue weighted by Gasteiger charge is -2.28. The van der Waals surface area contributed by atoms with Gasteiger partial charge in [-0.15, -0.1) is 0 Å². The molecule has 3 rings (SSSR count). The van der Waals surface area contributed by atoms with Crippen molar-refractivity contribution in [2.24, 2.45) is 5.92 Å². The molecule has 0 aromatic heterocycles. The molecule has 1 aliphatic heterocycles. The van der Waals surface area contributed by atoms with Gasteiger partial charge < -0.3 is 15.4 Å². The van der Waals surface area contributed by atoms with Crippen LogP contribution in [0, 0.1) is 17.6 Å². The molecule has 1 aliphatic carbocycles. The Kier molecular flexibility index (Phi) is 5.96. The van der Waals surface area contributed by atoms with E-state index in [1.807, 2.05) is 0 Å². The second-order valence-electron chi connectivity index (χ2n) is 6.84. The third-order valence-electron chi connectivity index (χ3n) is 5.02. The minimum Gasteiger partial charge on any atom is -0.434 e. The summed E-state index contributed by atoms with van der Waals surface area (Å²) in [5, 5.41) is 4.58. The van der Waals surface area contributed by atoms with Crippen molar-refractivity contribution in [3.05, 3.63) is 34.4 Å². The zero-order valence-corrected chi connectivity index (χ0v) is 15.0. The van der Waals surface area contributed by atoms with Crippen LogP contribution >= 0.6 is 11.6 Å². The Morgan fingerprint density at radius 2 is 2.04 bits per heavy atom. The van der Waals surface area contributed by atoms with Crippen LogP contribution in [0.15, 0.2) is 12.1 Å². The number of rotatable bonds is 5. The standard InChI is InChI=1S/C18H21ClF2N2O3/c19-15-12(20)7-6-11(16(15)21)13(8-10-4-2-1-3-5-10)23-17(24)14-9-22-18(25)26-14/h6-7,10,13-14H,1-5,8-9H2,(H,22,25)(H,23,24)/t13?,14-/m0/s1. The summed E-state index contributed by atoms with van der Waals surface area (Å²) in [6.07, 6.45) is 4.28. The molecule has 1 heterocycles. The minimum absolute atomic E-state index is 0.0630. The quantitative estimate of drug-likeness (QED) is 0.755. The number of benzene rings is 1. The van der Waals surface area contributed by atoms with Crippen molar-refractivity contribution < 1.29 is 23.1 Å². The van der Waals surface area contributed by atoms with Crippen molar-refractivity contribution in [3.8, 4) is 0 Å². The fraction of sp³-hybridized carbons (Fsp3) is 0.556. The van der Waals surface area contributed by atoms with E-state index in [2.05, 4.69) is 10.6 Å². The molecule has 2 atom stereocenters. The molecule has 5 nitrogen and oxygen atoms in total. The van der Waals surface area contributed by atoms with Gasteiger partial charge in [0, 0.05) is 5.56 Å². The molecule has 2 aliphatic rings. The maximum absolute atomic E-state index is 14.5. The highest BCUT2D eigenvalue weighted by Crippen LogP contribution is 2.34. The lowest BCUT2D eigenvalue weighted by atomic mass is 9.83. The van der Waals surface area contributed by atoms with Gasteiger partial charge in [-0.1, -0.05) is 49.8 Å². The first kappa shape index (κ1) is 18.9. The number of cyclic esters (lactones) is 1. The van der Waals surface area contributed by atoms with Crippen molar-refractivity contribution in [3.63, 3.8) is 0 Å². The largest absolute Gasteiger partial charge is 0.434 e. The van der Waals surface area contributed by atoms with Crippen LogP contribution in [0.5, 0.6) is 0 Å². The first-order valence-corrected chi connectivity index (χ1v) is 9.21. The number of carbonyl (C=O) groups excluding carboxylic acids is 2. The monoisotopic (exact) mass is 386 g/mol. The van der Waals surface area contributed by atoms with E-state index in [9.17, 15) is 18.4 Å². The molecule has 8 heteroatoms. The van der Waals surface area contributed by atoms with Gasteiger partial charge in [-0.2, -0.15) is 0 Å². The highest BCUT2D eigenvalue weighted by atomic mass is 35.5. The predicted molar refractivity (Wildman–Crippen MR) is 91.7 cm³/mol. The van der Waals surface area contributed by atoms with Crippen LogP contribution in [0.1, 0.15) is 50.1 Å². The molecule has 1 aromatic carbocycles.